The SMILES string of the molecule is CCCCCCCCCCCC(=O)C(C)(C)C. The summed E-state index contributed by atoms with van der Waals surface area (Å²) >= 11 is 0. The second kappa shape index (κ2) is 9.67. The van der Waals surface area contributed by atoms with Crippen LogP contribution in [0, 0.1) is 5.41 Å². The molecule has 0 aromatic carbocycles. The van der Waals surface area contributed by atoms with E-state index in [0.29, 0.717) is 5.78 Å². The largest absolute Gasteiger partial charge is 0.299 e. The van der Waals surface area contributed by atoms with Gasteiger partial charge < -0.3 is 0 Å². The number of carbonyl (C=O) groups is 1. The molecular formula is C16H32O. The van der Waals surface area contributed by atoms with Crippen molar-refractivity contribution in [3.05, 3.63) is 0 Å². The van der Waals surface area contributed by atoms with Gasteiger partial charge in [0.05, 0.1) is 0 Å². The predicted molar refractivity (Wildman–Crippen MR) is 76.3 cm³/mol. The van der Waals surface area contributed by atoms with E-state index >= 15 is 0 Å². The number of hydrogen-bond donors (Lipinski definition) is 0. The van der Waals surface area contributed by atoms with E-state index in [2.05, 4.69) is 6.92 Å². The van der Waals surface area contributed by atoms with Crippen molar-refractivity contribution in [2.75, 3.05) is 0 Å². The second-order valence-corrected chi connectivity index (χ2v) is 6.25. The molecular weight excluding hydrogens is 208 g/mol. The van der Waals surface area contributed by atoms with Crippen molar-refractivity contribution in [1.82, 2.24) is 0 Å². The maximum Gasteiger partial charge on any atom is 0.138 e. The first-order valence-electron chi connectivity index (χ1n) is 7.51. The van der Waals surface area contributed by atoms with Crippen molar-refractivity contribution in [3.63, 3.8) is 0 Å². The Bertz CT molecular complexity index is 188. The highest BCUT2D eigenvalue weighted by molar-refractivity contribution is 5.83. The Balaban J connectivity index is 3.22. The fraction of sp³-hybridized carbons (Fsp3) is 0.938. The molecule has 0 radical (unpaired) electrons. The van der Waals surface area contributed by atoms with Gasteiger partial charge in [0.2, 0.25) is 0 Å². The van der Waals surface area contributed by atoms with Crippen molar-refractivity contribution in [1.29, 1.82) is 0 Å². The van der Waals surface area contributed by atoms with Crippen LogP contribution in [-0.4, -0.2) is 5.78 Å². The lowest BCUT2D eigenvalue weighted by Crippen LogP contribution is -2.19. The Morgan fingerprint density at radius 3 is 1.59 bits per heavy atom. The average Bonchev–Trinajstić information content (AvgIpc) is 2.25. The molecule has 0 atom stereocenters. The van der Waals surface area contributed by atoms with Crippen LogP contribution in [0.5, 0.6) is 0 Å². The number of hydrogen-bond acceptors (Lipinski definition) is 1. The third-order valence-electron chi connectivity index (χ3n) is 3.34. The van der Waals surface area contributed by atoms with Crippen molar-refractivity contribution in [2.45, 2.75) is 91.9 Å². The van der Waals surface area contributed by atoms with Gasteiger partial charge in [0, 0.05) is 11.8 Å². The Morgan fingerprint density at radius 2 is 1.18 bits per heavy atom. The lowest BCUT2D eigenvalue weighted by molar-refractivity contribution is -0.126. The molecule has 0 aromatic rings. The van der Waals surface area contributed by atoms with Crippen LogP contribution in [0.25, 0.3) is 0 Å². The molecule has 0 aromatic heterocycles. The smallest absolute Gasteiger partial charge is 0.138 e. The minimum atomic E-state index is -0.139. The van der Waals surface area contributed by atoms with E-state index in [1.54, 1.807) is 0 Å². The molecule has 1 nitrogen and oxygen atoms in total. The van der Waals surface area contributed by atoms with Gasteiger partial charge in [-0.25, -0.2) is 0 Å². The molecule has 17 heavy (non-hydrogen) atoms. The molecule has 0 aliphatic carbocycles. The highest BCUT2D eigenvalue weighted by Crippen LogP contribution is 2.19. The van der Waals surface area contributed by atoms with Crippen LogP contribution in [0.2, 0.25) is 0 Å². The number of ketones is 1. The molecule has 0 saturated carbocycles. The van der Waals surface area contributed by atoms with E-state index in [1.807, 2.05) is 20.8 Å². The van der Waals surface area contributed by atoms with Crippen molar-refractivity contribution < 1.29 is 4.79 Å². The van der Waals surface area contributed by atoms with E-state index < -0.39 is 0 Å². The van der Waals surface area contributed by atoms with Crippen LogP contribution >= 0.6 is 0 Å². The number of unbranched alkanes of at least 4 members (excludes halogenated alkanes) is 8. The summed E-state index contributed by atoms with van der Waals surface area (Å²) in [6.45, 7) is 8.31. The molecule has 102 valence electrons. The average molecular weight is 240 g/mol. The number of rotatable bonds is 10. The number of Topliss-reactive ketones (excluding diaryl/α,β-unsaturated/α-hetero) is 1. The van der Waals surface area contributed by atoms with Crippen LogP contribution in [-0.2, 0) is 4.79 Å². The molecule has 0 spiro atoms. The Morgan fingerprint density at radius 1 is 0.765 bits per heavy atom. The molecule has 0 aliphatic rings. The predicted octanol–water partition coefficient (Wildman–Crippen LogP) is 5.52. The zero-order chi connectivity index (χ0) is 13.1. The molecule has 0 rings (SSSR count). The highest BCUT2D eigenvalue weighted by atomic mass is 16.1. The normalized spacial score (nSPS) is 11.8. The van der Waals surface area contributed by atoms with Crippen LogP contribution < -0.4 is 0 Å². The lowest BCUT2D eigenvalue weighted by Gasteiger charge is -2.16. The maximum atomic E-state index is 11.7. The monoisotopic (exact) mass is 240 g/mol. The fourth-order valence-corrected chi connectivity index (χ4v) is 1.97. The van der Waals surface area contributed by atoms with Crippen molar-refractivity contribution in [3.8, 4) is 0 Å². The van der Waals surface area contributed by atoms with Gasteiger partial charge in [0.15, 0.2) is 0 Å². The minimum Gasteiger partial charge on any atom is -0.299 e. The highest BCUT2D eigenvalue weighted by Gasteiger charge is 2.19. The molecule has 0 saturated heterocycles. The summed E-state index contributed by atoms with van der Waals surface area (Å²) in [7, 11) is 0. The minimum absolute atomic E-state index is 0.139. The summed E-state index contributed by atoms with van der Waals surface area (Å²) in [5, 5.41) is 0. The zero-order valence-corrected chi connectivity index (χ0v) is 12.5. The Kier molecular flexibility index (Phi) is 9.49. The van der Waals surface area contributed by atoms with Gasteiger partial charge in [-0.1, -0.05) is 79.1 Å². The topological polar surface area (TPSA) is 17.1 Å². The van der Waals surface area contributed by atoms with Crippen molar-refractivity contribution >= 4 is 5.78 Å². The van der Waals surface area contributed by atoms with Crippen LogP contribution in [0.1, 0.15) is 91.9 Å². The Hall–Kier alpha value is -0.330. The Labute approximate surface area is 108 Å². The van der Waals surface area contributed by atoms with Gasteiger partial charge in [0.25, 0.3) is 0 Å². The van der Waals surface area contributed by atoms with Crippen LogP contribution in [0.3, 0.4) is 0 Å². The first-order valence-corrected chi connectivity index (χ1v) is 7.51. The summed E-state index contributed by atoms with van der Waals surface area (Å²) in [5.74, 6) is 0.417. The molecule has 0 fully saturated rings. The summed E-state index contributed by atoms with van der Waals surface area (Å²) in [6, 6.07) is 0. The van der Waals surface area contributed by atoms with E-state index in [1.165, 1.54) is 51.4 Å². The third-order valence-corrected chi connectivity index (χ3v) is 3.34. The fourth-order valence-electron chi connectivity index (χ4n) is 1.97. The molecule has 0 heterocycles. The van der Waals surface area contributed by atoms with Gasteiger partial charge in [-0.3, -0.25) is 4.79 Å². The van der Waals surface area contributed by atoms with E-state index in [-0.39, 0.29) is 5.41 Å². The van der Waals surface area contributed by atoms with E-state index in [4.69, 9.17) is 0 Å². The van der Waals surface area contributed by atoms with Gasteiger partial charge in [0.1, 0.15) is 5.78 Å². The van der Waals surface area contributed by atoms with Gasteiger partial charge in [-0.05, 0) is 6.42 Å². The van der Waals surface area contributed by atoms with Gasteiger partial charge >= 0.3 is 0 Å². The standard InChI is InChI=1S/C16H32O/c1-5-6-7-8-9-10-11-12-13-14-15(17)16(2,3)4/h5-14H2,1-4H3. The quantitative estimate of drug-likeness (QED) is 0.459. The maximum absolute atomic E-state index is 11.7. The van der Waals surface area contributed by atoms with Crippen molar-refractivity contribution in [2.24, 2.45) is 5.41 Å². The molecule has 0 N–H and O–H groups in total. The first kappa shape index (κ1) is 16.7. The van der Waals surface area contributed by atoms with Gasteiger partial charge in [-0.15, -0.1) is 0 Å². The van der Waals surface area contributed by atoms with E-state index in [9.17, 15) is 4.79 Å². The molecule has 0 bridgehead atoms. The molecule has 0 aliphatic heterocycles. The summed E-state index contributed by atoms with van der Waals surface area (Å²) in [5.41, 5.74) is -0.139. The summed E-state index contributed by atoms with van der Waals surface area (Å²) in [4.78, 5) is 11.7. The summed E-state index contributed by atoms with van der Waals surface area (Å²) in [6.07, 6.45) is 12.7. The van der Waals surface area contributed by atoms with Crippen LogP contribution in [0.4, 0.5) is 0 Å². The van der Waals surface area contributed by atoms with Gasteiger partial charge in [-0.2, -0.15) is 0 Å². The third kappa shape index (κ3) is 10.5. The molecule has 0 amide bonds. The van der Waals surface area contributed by atoms with Crippen LogP contribution in [0.15, 0.2) is 0 Å². The lowest BCUT2D eigenvalue weighted by atomic mass is 9.88. The number of carbonyl (C=O) groups excluding carboxylic acids is 1. The van der Waals surface area contributed by atoms with E-state index in [0.717, 1.165) is 12.8 Å². The zero-order valence-electron chi connectivity index (χ0n) is 12.5. The summed E-state index contributed by atoms with van der Waals surface area (Å²) < 4.78 is 0. The first-order chi connectivity index (χ1) is 7.98. The molecule has 1 heteroatoms. The molecule has 0 unspecified atom stereocenters. The second-order valence-electron chi connectivity index (χ2n) is 6.25.